The van der Waals surface area contributed by atoms with Gasteiger partial charge >= 0.3 is 5.97 Å². The third-order valence-electron chi connectivity index (χ3n) is 6.19. The number of rotatable bonds is 10. The molecule has 0 bridgehead atoms. The van der Waals surface area contributed by atoms with Crippen LogP contribution in [0.1, 0.15) is 57.7 Å². The van der Waals surface area contributed by atoms with Gasteiger partial charge in [-0.3, -0.25) is 14.9 Å². The number of carbonyl (C=O) groups is 2. The standard InChI is InChI=1S/C27H35N3O7S/c1-17(2)24(29-38(35,36)23-12-7-6-11-22(23)30(33)34)25(31)28-21(26(32)37-27(3,4)5)16-18-13-14-19-9-8-10-20(19)15-18/h6-7,11-15,17,21,24,29H,8-10,16H2,1-5H3,(H,28,31)/t21-,24?/m0/s1. The predicted octanol–water partition coefficient (Wildman–Crippen LogP) is 3.46. The monoisotopic (exact) mass is 545 g/mol. The van der Waals surface area contributed by atoms with Crippen LogP contribution in [0.4, 0.5) is 5.69 Å². The summed E-state index contributed by atoms with van der Waals surface area (Å²) in [6, 6.07) is 8.51. The molecule has 0 spiro atoms. The number of nitrogens with zero attached hydrogens (tertiary/aromatic N) is 1. The van der Waals surface area contributed by atoms with Crippen LogP contribution in [0.15, 0.2) is 47.4 Å². The summed E-state index contributed by atoms with van der Waals surface area (Å²) in [5, 5.41) is 14.1. The number of nitro groups is 1. The van der Waals surface area contributed by atoms with E-state index in [1.165, 1.54) is 23.3 Å². The molecule has 11 heteroatoms. The SMILES string of the molecule is CC(C)C(NS(=O)(=O)c1ccccc1[N+](=O)[O-])C(=O)N[C@@H](Cc1ccc2c(c1)CCC2)C(=O)OC(C)(C)C. The lowest BCUT2D eigenvalue weighted by Gasteiger charge is -2.27. The fraction of sp³-hybridized carbons (Fsp3) is 0.481. The van der Waals surface area contributed by atoms with E-state index in [4.69, 9.17) is 4.74 Å². The van der Waals surface area contributed by atoms with Gasteiger partial charge in [0.1, 0.15) is 17.7 Å². The first-order valence-electron chi connectivity index (χ1n) is 12.6. The number of sulfonamides is 1. The summed E-state index contributed by atoms with van der Waals surface area (Å²) in [6.45, 7) is 8.43. The van der Waals surface area contributed by atoms with E-state index < -0.39 is 61.0 Å². The van der Waals surface area contributed by atoms with Crippen molar-refractivity contribution in [1.82, 2.24) is 10.0 Å². The van der Waals surface area contributed by atoms with Crippen LogP contribution in [0.2, 0.25) is 0 Å². The Morgan fingerprint density at radius 1 is 1.08 bits per heavy atom. The van der Waals surface area contributed by atoms with Crippen molar-refractivity contribution in [2.45, 2.75) is 82.9 Å². The summed E-state index contributed by atoms with van der Waals surface area (Å²) in [7, 11) is -4.44. The fourth-order valence-electron chi connectivity index (χ4n) is 4.37. The highest BCUT2D eigenvalue weighted by Crippen LogP contribution is 2.25. The van der Waals surface area contributed by atoms with Crippen LogP contribution >= 0.6 is 0 Å². The lowest BCUT2D eigenvalue weighted by molar-refractivity contribution is -0.387. The number of esters is 1. The van der Waals surface area contributed by atoms with E-state index in [0.29, 0.717) is 0 Å². The second-order valence-corrected chi connectivity index (χ2v) is 12.5. The zero-order valence-electron chi connectivity index (χ0n) is 22.3. The average Bonchev–Trinajstić information content (AvgIpc) is 3.28. The molecule has 0 aliphatic heterocycles. The molecule has 1 unspecified atom stereocenters. The number of nitro benzene ring substituents is 1. The molecular weight excluding hydrogens is 510 g/mol. The number of fused-ring (bicyclic) bond motifs is 1. The predicted molar refractivity (Wildman–Crippen MR) is 142 cm³/mol. The number of benzene rings is 2. The Bertz CT molecular complexity index is 1320. The van der Waals surface area contributed by atoms with Crippen LogP contribution in [-0.2, 0) is 43.6 Å². The molecule has 2 N–H and O–H groups in total. The van der Waals surface area contributed by atoms with E-state index in [1.807, 2.05) is 18.2 Å². The molecule has 10 nitrogen and oxygen atoms in total. The van der Waals surface area contributed by atoms with Gasteiger partial charge in [0.05, 0.1) is 4.92 Å². The van der Waals surface area contributed by atoms with Crippen LogP contribution in [-0.4, -0.2) is 42.9 Å². The molecule has 2 aromatic carbocycles. The summed E-state index contributed by atoms with van der Waals surface area (Å²) >= 11 is 0. The van der Waals surface area contributed by atoms with Crippen molar-refractivity contribution < 1.29 is 27.7 Å². The molecule has 38 heavy (non-hydrogen) atoms. The molecule has 0 saturated heterocycles. The van der Waals surface area contributed by atoms with E-state index >= 15 is 0 Å². The fourth-order valence-corrected chi connectivity index (χ4v) is 5.89. The Morgan fingerprint density at radius 2 is 1.74 bits per heavy atom. The highest BCUT2D eigenvalue weighted by atomic mass is 32.2. The summed E-state index contributed by atoms with van der Waals surface area (Å²) in [6.07, 6.45) is 3.20. The number of carbonyl (C=O) groups excluding carboxylic acids is 2. The number of hydrogen-bond donors (Lipinski definition) is 2. The van der Waals surface area contributed by atoms with E-state index in [1.54, 1.807) is 34.6 Å². The lowest BCUT2D eigenvalue weighted by atomic mass is 9.99. The largest absolute Gasteiger partial charge is 0.458 e. The van der Waals surface area contributed by atoms with Gasteiger partial charge in [0, 0.05) is 12.5 Å². The van der Waals surface area contributed by atoms with Gasteiger partial charge in [-0.2, -0.15) is 4.72 Å². The van der Waals surface area contributed by atoms with Crippen LogP contribution < -0.4 is 10.0 Å². The minimum atomic E-state index is -4.44. The third kappa shape index (κ3) is 7.38. The minimum Gasteiger partial charge on any atom is -0.458 e. The second-order valence-electron chi connectivity index (χ2n) is 10.8. The van der Waals surface area contributed by atoms with Crippen molar-refractivity contribution in [1.29, 1.82) is 0 Å². The van der Waals surface area contributed by atoms with Gasteiger partial charge < -0.3 is 10.1 Å². The molecule has 0 aromatic heterocycles. The maximum atomic E-state index is 13.4. The second kappa shape index (κ2) is 11.6. The number of amides is 1. The summed E-state index contributed by atoms with van der Waals surface area (Å²) < 4.78 is 34.0. The Hall–Kier alpha value is -3.31. The van der Waals surface area contributed by atoms with Gasteiger partial charge in [-0.1, -0.05) is 44.2 Å². The zero-order valence-corrected chi connectivity index (χ0v) is 23.1. The molecule has 206 valence electrons. The molecule has 2 aromatic rings. The molecule has 1 aliphatic rings. The van der Waals surface area contributed by atoms with Gasteiger partial charge in [0.15, 0.2) is 4.90 Å². The smallest absolute Gasteiger partial charge is 0.329 e. The highest BCUT2D eigenvalue weighted by molar-refractivity contribution is 7.89. The Kier molecular flexibility index (Phi) is 8.94. The number of ether oxygens (including phenoxy) is 1. The molecule has 1 amide bonds. The quantitative estimate of drug-likeness (QED) is 0.264. The number of nitrogens with one attached hydrogen (secondary N) is 2. The molecule has 1 aliphatic carbocycles. The summed E-state index contributed by atoms with van der Waals surface area (Å²) in [4.78, 5) is 36.5. The third-order valence-corrected chi connectivity index (χ3v) is 7.68. The van der Waals surface area contributed by atoms with E-state index in [2.05, 4.69) is 10.0 Å². The minimum absolute atomic E-state index is 0.162. The van der Waals surface area contributed by atoms with Crippen molar-refractivity contribution in [3.63, 3.8) is 0 Å². The Balaban J connectivity index is 1.86. The lowest BCUT2D eigenvalue weighted by Crippen LogP contribution is -2.55. The van der Waals surface area contributed by atoms with E-state index in [0.717, 1.165) is 37.0 Å². The van der Waals surface area contributed by atoms with Gasteiger partial charge in [0.25, 0.3) is 5.69 Å². The van der Waals surface area contributed by atoms with E-state index in [-0.39, 0.29) is 6.42 Å². The maximum Gasteiger partial charge on any atom is 0.329 e. The Labute approximate surface area is 223 Å². The molecule has 0 fully saturated rings. The topological polar surface area (TPSA) is 145 Å². The normalized spacial score (nSPS) is 15.0. The number of aryl methyl sites for hydroxylation is 2. The van der Waals surface area contributed by atoms with Crippen molar-refractivity contribution in [3.05, 3.63) is 69.3 Å². The molecule has 0 heterocycles. The van der Waals surface area contributed by atoms with Gasteiger partial charge in [-0.05, 0) is 68.7 Å². The van der Waals surface area contributed by atoms with Crippen LogP contribution in [0, 0.1) is 16.0 Å². The highest BCUT2D eigenvalue weighted by Gasteiger charge is 2.35. The van der Waals surface area contributed by atoms with E-state index in [9.17, 15) is 28.1 Å². The average molecular weight is 546 g/mol. The van der Waals surface area contributed by atoms with Crippen LogP contribution in [0.3, 0.4) is 0 Å². The van der Waals surface area contributed by atoms with Gasteiger partial charge in [-0.15, -0.1) is 0 Å². The van der Waals surface area contributed by atoms with Gasteiger partial charge in [0.2, 0.25) is 15.9 Å². The number of hydrogen-bond acceptors (Lipinski definition) is 7. The van der Waals surface area contributed by atoms with Crippen molar-refractivity contribution in [2.24, 2.45) is 5.92 Å². The first-order chi connectivity index (χ1) is 17.7. The van der Waals surface area contributed by atoms with Crippen LogP contribution in [0.5, 0.6) is 0 Å². The molecular formula is C27H35N3O7S. The molecule has 3 rings (SSSR count). The number of para-hydroxylation sites is 1. The van der Waals surface area contributed by atoms with Crippen molar-refractivity contribution in [2.75, 3.05) is 0 Å². The summed E-state index contributed by atoms with van der Waals surface area (Å²) in [5.74, 6) is -1.92. The molecule has 0 saturated carbocycles. The van der Waals surface area contributed by atoms with Crippen molar-refractivity contribution in [3.8, 4) is 0 Å². The van der Waals surface area contributed by atoms with Crippen LogP contribution in [0.25, 0.3) is 0 Å². The first kappa shape index (κ1) is 29.2. The zero-order chi connectivity index (χ0) is 28.3. The first-order valence-corrected chi connectivity index (χ1v) is 14.1. The molecule has 2 atom stereocenters. The molecule has 0 radical (unpaired) electrons. The van der Waals surface area contributed by atoms with Crippen molar-refractivity contribution >= 4 is 27.6 Å². The summed E-state index contributed by atoms with van der Waals surface area (Å²) in [5.41, 5.74) is 1.93. The Morgan fingerprint density at radius 3 is 2.37 bits per heavy atom. The maximum absolute atomic E-state index is 13.4. The van der Waals surface area contributed by atoms with Gasteiger partial charge in [-0.25, -0.2) is 13.2 Å².